The molecule has 3 aliphatic heterocycles. The van der Waals surface area contributed by atoms with Gasteiger partial charge in [0.2, 0.25) is 7.29 Å². The molecule has 3 fully saturated rings. The van der Waals surface area contributed by atoms with Gasteiger partial charge in [-0.2, -0.15) is 0 Å². The van der Waals surface area contributed by atoms with E-state index in [1.165, 1.54) is 0 Å². The molecule has 0 N–H and O–H groups in total. The Kier molecular flexibility index (Phi) is 5.40. The second-order valence-corrected chi connectivity index (χ2v) is 11.5. The van der Waals surface area contributed by atoms with Gasteiger partial charge in [-0.1, -0.05) is 36.4 Å². The van der Waals surface area contributed by atoms with Crippen LogP contribution in [-0.4, -0.2) is 48.5 Å². The van der Waals surface area contributed by atoms with Gasteiger partial charge in [0, 0.05) is 10.6 Å². The van der Waals surface area contributed by atoms with Crippen LogP contribution in [0.1, 0.15) is 27.7 Å². The third kappa shape index (κ3) is 3.98. The molecule has 5 rings (SSSR count). The molecular formula is C24H28NO6P. The van der Waals surface area contributed by atoms with Crippen LogP contribution in [0.4, 0.5) is 0 Å². The third-order valence-corrected chi connectivity index (χ3v) is 8.27. The van der Waals surface area contributed by atoms with Crippen molar-refractivity contribution >= 4 is 23.6 Å². The van der Waals surface area contributed by atoms with Crippen LogP contribution in [0.15, 0.2) is 65.4 Å². The Morgan fingerprint density at radius 2 is 1.41 bits per heavy atom. The molecule has 7 nitrogen and oxygen atoms in total. The van der Waals surface area contributed by atoms with Crippen molar-refractivity contribution in [2.75, 3.05) is 6.61 Å². The standard InChI is InChI=1S/C24H28NO6P/c1-23(2)27-15-18(29-23)20-19(21-22(28-20)31-24(3,4)30-21)25-32(26,16-11-7-5-8-12-16)17-13-9-6-10-14-17/h5-14,18,20-22H,15H2,1-4H3/b25-19+/t18-,20-,21-,22-/m1/s1. The highest BCUT2D eigenvalue weighted by Gasteiger charge is 2.57. The lowest BCUT2D eigenvalue weighted by Crippen LogP contribution is -2.40. The summed E-state index contributed by atoms with van der Waals surface area (Å²) in [6.07, 6.45) is -2.24. The molecule has 0 unspecified atom stereocenters. The zero-order valence-corrected chi connectivity index (χ0v) is 19.5. The summed E-state index contributed by atoms with van der Waals surface area (Å²) in [5.74, 6) is -1.57. The van der Waals surface area contributed by atoms with Crippen LogP contribution in [0.5, 0.6) is 0 Å². The summed E-state index contributed by atoms with van der Waals surface area (Å²) in [4.78, 5) is 0. The molecule has 32 heavy (non-hydrogen) atoms. The molecule has 3 heterocycles. The minimum Gasteiger partial charge on any atom is -0.348 e. The molecule has 0 spiro atoms. The molecule has 0 aliphatic carbocycles. The topological polar surface area (TPSA) is 75.6 Å². The predicted octanol–water partition coefficient (Wildman–Crippen LogP) is 3.38. The van der Waals surface area contributed by atoms with E-state index in [9.17, 15) is 4.57 Å². The smallest absolute Gasteiger partial charge is 0.247 e. The van der Waals surface area contributed by atoms with Gasteiger partial charge >= 0.3 is 0 Å². The van der Waals surface area contributed by atoms with Crippen LogP contribution in [0.25, 0.3) is 0 Å². The van der Waals surface area contributed by atoms with Gasteiger partial charge < -0.3 is 23.7 Å². The molecule has 8 heteroatoms. The van der Waals surface area contributed by atoms with Crippen molar-refractivity contribution in [1.82, 2.24) is 0 Å². The van der Waals surface area contributed by atoms with Gasteiger partial charge in [0.05, 0.1) is 12.3 Å². The second kappa shape index (κ2) is 7.87. The molecule has 0 saturated carbocycles. The molecule has 3 saturated heterocycles. The highest BCUT2D eigenvalue weighted by Crippen LogP contribution is 2.48. The number of fused-ring (bicyclic) bond motifs is 1. The first kappa shape index (κ1) is 22.0. The van der Waals surface area contributed by atoms with Gasteiger partial charge in [-0.15, -0.1) is 0 Å². The summed E-state index contributed by atoms with van der Waals surface area (Å²) >= 11 is 0. The van der Waals surface area contributed by atoms with Crippen molar-refractivity contribution in [3.63, 3.8) is 0 Å². The van der Waals surface area contributed by atoms with Crippen molar-refractivity contribution in [1.29, 1.82) is 0 Å². The Hall–Kier alpha value is -1.86. The number of hydrogen-bond acceptors (Lipinski definition) is 6. The first-order valence-corrected chi connectivity index (χ1v) is 12.5. The van der Waals surface area contributed by atoms with Crippen molar-refractivity contribution in [3.8, 4) is 0 Å². The zero-order valence-electron chi connectivity index (χ0n) is 18.6. The Morgan fingerprint density at radius 1 is 0.812 bits per heavy atom. The van der Waals surface area contributed by atoms with Crippen LogP contribution in [0.2, 0.25) is 0 Å². The van der Waals surface area contributed by atoms with E-state index in [0.717, 1.165) is 0 Å². The lowest BCUT2D eigenvalue weighted by Gasteiger charge is -2.26. The maximum atomic E-state index is 14.6. The quantitative estimate of drug-likeness (QED) is 0.656. The molecule has 170 valence electrons. The number of nitrogens with zero attached hydrogens (tertiary/aromatic N) is 1. The first-order valence-electron chi connectivity index (χ1n) is 10.8. The Labute approximate surface area is 188 Å². The van der Waals surface area contributed by atoms with E-state index in [1.807, 2.05) is 88.4 Å². The first-order chi connectivity index (χ1) is 15.2. The molecule has 0 bridgehead atoms. The molecule has 0 amide bonds. The summed E-state index contributed by atoms with van der Waals surface area (Å²) in [5, 5.41) is 1.28. The minimum absolute atomic E-state index is 0.334. The summed E-state index contributed by atoms with van der Waals surface area (Å²) in [6.45, 7) is 7.70. The summed E-state index contributed by atoms with van der Waals surface area (Å²) in [7, 11) is -3.40. The van der Waals surface area contributed by atoms with Crippen molar-refractivity contribution in [2.45, 2.75) is 63.9 Å². The van der Waals surface area contributed by atoms with E-state index < -0.39 is 43.5 Å². The maximum Gasteiger partial charge on any atom is 0.247 e. The lowest BCUT2D eigenvalue weighted by molar-refractivity contribution is -0.211. The minimum atomic E-state index is -3.40. The van der Waals surface area contributed by atoms with E-state index in [4.69, 9.17) is 28.4 Å². The van der Waals surface area contributed by atoms with Crippen LogP contribution in [0, 0.1) is 0 Å². The number of ether oxygens (including phenoxy) is 5. The summed E-state index contributed by atoms with van der Waals surface area (Å²) in [6, 6.07) is 18.6. The Balaban J connectivity index is 1.63. The van der Waals surface area contributed by atoms with E-state index >= 15 is 0 Å². The van der Waals surface area contributed by atoms with Crippen LogP contribution >= 0.6 is 7.29 Å². The number of benzene rings is 2. The van der Waals surface area contributed by atoms with Crippen molar-refractivity contribution in [3.05, 3.63) is 60.7 Å². The highest BCUT2D eigenvalue weighted by molar-refractivity contribution is 7.77. The van der Waals surface area contributed by atoms with Crippen LogP contribution < -0.4 is 10.6 Å². The fraction of sp³-hybridized carbons (Fsp3) is 0.458. The SMILES string of the molecule is CC1(C)O[C@H]2O[C@H]([C@H]3COC(C)(C)O3)/C(=N\P(=O)(c3ccccc3)c3ccccc3)[C@H]2O1. The molecule has 4 atom stereocenters. The van der Waals surface area contributed by atoms with Gasteiger partial charge in [0.15, 0.2) is 24.0 Å². The molecule has 2 aromatic rings. The molecular weight excluding hydrogens is 429 g/mol. The number of rotatable bonds is 4. The predicted molar refractivity (Wildman–Crippen MR) is 121 cm³/mol. The number of hydrogen-bond donors (Lipinski definition) is 0. The van der Waals surface area contributed by atoms with Gasteiger partial charge in [0.1, 0.15) is 12.2 Å². The third-order valence-electron chi connectivity index (χ3n) is 5.76. The highest BCUT2D eigenvalue weighted by atomic mass is 31.2. The monoisotopic (exact) mass is 457 g/mol. The van der Waals surface area contributed by atoms with Crippen molar-refractivity contribution < 1.29 is 28.2 Å². The summed E-state index contributed by atoms with van der Waals surface area (Å²) < 4.78 is 49.7. The van der Waals surface area contributed by atoms with Crippen molar-refractivity contribution in [2.24, 2.45) is 4.76 Å². The second-order valence-electron chi connectivity index (χ2n) is 9.12. The molecule has 3 aliphatic rings. The molecule has 0 radical (unpaired) electrons. The average Bonchev–Trinajstić information content (AvgIpc) is 3.38. The van der Waals surface area contributed by atoms with E-state index in [1.54, 1.807) is 0 Å². The normalized spacial score (nSPS) is 32.3. The van der Waals surface area contributed by atoms with Gasteiger partial charge in [-0.25, -0.2) is 4.76 Å². The summed E-state index contributed by atoms with van der Waals surface area (Å²) in [5.41, 5.74) is 0.530. The molecule has 2 aromatic carbocycles. The zero-order chi connectivity index (χ0) is 22.6. The van der Waals surface area contributed by atoms with Crippen LogP contribution in [-0.2, 0) is 28.2 Å². The lowest BCUT2D eigenvalue weighted by atomic mass is 10.1. The fourth-order valence-electron chi connectivity index (χ4n) is 4.35. The average molecular weight is 457 g/mol. The van der Waals surface area contributed by atoms with E-state index in [-0.39, 0.29) is 0 Å². The fourth-order valence-corrected chi connectivity index (χ4v) is 6.58. The van der Waals surface area contributed by atoms with Gasteiger partial charge in [-0.3, -0.25) is 4.57 Å². The van der Waals surface area contributed by atoms with E-state index in [2.05, 4.69) is 0 Å². The maximum absolute atomic E-state index is 14.6. The Bertz CT molecular complexity index is 1010. The Morgan fingerprint density at radius 3 is 1.94 bits per heavy atom. The van der Waals surface area contributed by atoms with Gasteiger partial charge in [0.25, 0.3) is 0 Å². The molecule has 0 aromatic heterocycles. The largest absolute Gasteiger partial charge is 0.348 e. The van der Waals surface area contributed by atoms with E-state index in [0.29, 0.717) is 22.9 Å². The van der Waals surface area contributed by atoms with Crippen LogP contribution in [0.3, 0.4) is 0 Å². The van der Waals surface area contributed by atoms with Gasteiger partial charge in [-0.05, 0) is 52.0 Å².